The Morgan fingerprint density at radius 3 is 2.18 bits per heavy atom. The highest BCUT2D eigenvalue weighted by molar-refractivity contribution is 6.29. The molecule has 1 nitrogen and oxygen atoms in total. The van der Waals surface area contributed by atoms with Gasteiger partial charge in [-0.05, 0) is 19.9 Å². The molecule has 0 aromatic carbocycles. The molecule has 0 radical (unpaired) electrons. The molecule has 0 atom stereocenters. The minimum Gasteiger partial charge on any atom is -0.295 e. The van der Waals surface area contributed by atoms with E-state index in [9.17, 15) is 4.79 Å². The summed E-state index contributed by atoms with van der Waals surface area (Å²) < 4.78 is 0. The van der Waals surface area contributed by atoms with Gasteiger partial charge in [0.1, 0.15) is 0 Å². The molecule has 0 saturated heterocycles. The molecular formula is C9H11ClO. The van der Waals surface area contributed by atoms with Gasteiger partial charge in [-0.1, -0.05) is 30.3 Å². The van der Waals surface area contributed by atoms with Crippen molar-refractivity contribution >= 4 is 17.4 Å². The first-order valence-electron chi connectivity index (χ1n) is 3.25. The van der Waals surface area contributed by atoms with Crippen LogP contribution in [-0.2, 0) is 4.79 Å². The summed E-state index contributed by atoms with van der Waals surface area (Å²) in [5.74, 6) is -0.00540. The molecular weight excluding hydrogens is 160 g/mol. The van der Waals surface area contributed by atoms with Gasteiger partial charge in [0.25, 0.3) is 0 Å². The first kappa shape index (κ1) is 10.2. The maximum Gasteiger partial charge on any atom is 0.159 e. The second-order valence-corrected chi connectivity index (χ2v) is 2.73. The summed E-state index contributed by atoms with van der Waals surface area (Å²) in [6.45, 7) is 6.74. The van der Waals surface area contributed by atoms with E-state index < -0.39 is 0 Å². The van der Waals surface area contributed by atoms with E-state index in [2.05, 4.69) is 6.58 Å². The first-order valence-corrected chi connectivity index (χ1v) is 3.63. The molecule has 0 unspecified atom stereocenters. The van der Waals surface area contributed by atoms with Crippen LogP contribution < -0.4 is 0 Å². The highest BCUT2D eigenvalue weighted by Crippen LogP contribution is 2.02. The maximum absolute atomic E-state index is 10.8. The third kappa shape index (κ3) is 4.57. The number of halogens is 1. The van der Waals surface area contributed by atoms with E-state index in [1.54, 1.807) is 19.1 Å². The van der Waals surface area contributed by atoms with Crippen LogP contribution in [0.15, 0.2) is 35.4 Å². The summed E-state index contributed by atoms with van der Waals surface area (Å²) in [5, 5.41) is 0.644. The van der Waals surface area contributed by atoms with E-state index in [1.165, 1.54) is 13.0 Å². The molecule has 0 aliphatic rings. The number of allylic oxidation sites excluding steroid dienone is 5. The molecule has 0 bridgehead atoms. The number of Topliss-reactive ketones (excluding diaryl/α,β-unsaturated/α-hetero) is 1. The molecule has 0 aliphatic carbocycles. The van der Waals surface area contributed by atoms with Crippen molar-refractivity contribution < 1.29 is 4.79 Å². The van der Waals surface area contributed by atoms with Crippen LogP contribution >= 0.6 is 11.6 Å². The highest BCUT2D eigenvalue weighted by Gasteiger charge is 1.94. The van der Waals surface area contributed by atoms with Crippen molar-refractivity contribution in [3.8, 4) is 0 Å². The number of carbonyl (C=O) groups is 1. The fourth-order valence-electron chi connectivity index (χ4n) is 0.534. The van der Waals surface area contributed by atoms with Gasteiger partial charge >= 0.3 is 0 Å². The lowest BCUT2D eigenvalue weighted by Crippen LogP contribution is -1.91. The van der Waals surface area contributed by atoms with Crippen LogP contribution in [0.3, 0.4) is 0 Å². The van der Waals surface area contributed by atoms with Gasteiger partial charge in [0.05, 0.1) is 0 Å². The Balaban J connectivity index is 4.50. The molecule has 0 aliphatic heterocycles. The van der Waals surface area contributed by atoms with Crippen molar-refractivity contribution in [1.82, 2.24) is 0 Å². The van der Waals surface area contributed by atoms with Crippen LogP contribution in [0.5, 0.6) is 0 Å². The van der Waals surface area contributed by atoms with Gasteiger partial charge in [0.15, 0.2) is 5.78 Å². The number of carbonyl (C=O) groups excluding carboxylic acids is 1. The molecule has 0 rings (SSSR count). The van der Waals surface area contributed by atoms with Crippen LogP contribution in [0.4, 0.5) is 0 Å². The largest absolute Gasteiger partial charge is 0.295 e. The van der Waals surface area contributed by atoms with Gasteiger partial charge in [-0.15, -0.1) is 0 Å². The summed E-state index contributed by atoms with van der Waals surface area (Å²) in [5.41, 5.74) is 0.574. The maximum atomic E-state index is 10.8. The SMILES string of the molecule is C=C/C(=C\C=C(/C)Cl)C(C)=O. The molecule has 0 saturated carbocycles. The zero-order chi connectivity index (χ0) is 8.85. The Kier molecular flexibility index (Phi) is 4.55. The van der Waals surface area contributed by atoms with E-state index in [4.69, 9.17) is 11.6 Å². The van der Waals surface area contributed by atoms with Crippen LogP contribution in [0.2, 0.25) is 0 Å². The fourth-order valence-corrected chi connectivity index (χ4v) is 0.597. The lowest BCUT2D eigenvalue weighted by atomic mass is 10.2. The predicted molar refractivity (Wildman–Crippen MR) is 48.6 cm³/mol. The zero-order valence-corrected chi connectivity index (χ0v) is 7.48. The standard InChI is InChI=1S/C9H11ClO/c1-4-9(8(3)11)6-5-7(2)10/h4-6H,1H2,2-3H3/b7-5+,9-6+. The van der Waals surface area contributed by atoms with Crippen molar-refractivity contribution in [3.63, 3.8) is 0 Å². The number of rotatable bonds is 3. The van der Waals surface area contributed by atoms with Crippen LogP contribution in [0.1, 0.15) is 13.8 Å². The molecule has 0 amide bonds. The summed E-state index contributed by atoms with van der Waals surface area (Å²) in [4.78, 5) is 10.8. The number of hydrogen-bond donors (Lipinski definition) is 0. The van der Waals surface area contributed by atoms with Crippen molar-refractivity contribution in [3.05, 3.63) is 35.4 Å². The Morgan fingerprint density at radius 2 is 1.91 bits per heavy atom. The summed E-state index contributed by atoms with van der Waals surface area (Å²) in [7, 11) is 0. The average molecular weight is 171 g/mol. The average Bonchev–Trinajstić information content (AvgIpc) is 1.87. The monoisotopic (exact) mass is 170 g/mol. The second kappa shape index (κ2) is 4.91. The van der Waals surface area contributed by atoms with Gasteiger partial charge in [-0.25, -0.2) is 0 Å². The Morgan fingerprint density at radius 1 is 1.36 bits per heavy atom. The third-order valence-corrected chi connectivity index (χ3v) is 1.24. The number of ketones is 1. The van der Waals surface area contributed by atoms with E-state index in [0.717, 1.165) is 0 Å². The van der Waals surface area contributed by atoms with Crippen molar-refractivity contribution in [2.45, 2.75) is 13.8 Å². The zero-order valence-electron chi connectivity index (χ0n) is 6.73. The quantitative estimate of drug-likeness (QED) is 0.470. The fraction of sp³-hybridized carbons (Fsp3) is 0.222. The van der Waals surface area contributed by atoms with Crippen LogP contribution in [0.25, 0.3) is 0 Å². The topological polar surface area (TPSA) is 17.1 Å². The van der Waals surface area contributed by atoms with Crippen molar-refractivity contribution in [1.29, 1.82) is 0 Å². The molecule has 0 aromatic heterocycles. The smallest absolute Gasteiger partial charge is 0.159 e. The van der Waals surface area contributed by atoms with Crippen molar-refractivity contribution in [2.24, 2.45) is 0 Å². The number of hydrogen-bond acceptors (Lipinski definition) is 1. The molecule has 0 aromatic rings. The Bertz CT molecular complexity index is 220. The van der Waals surface area contributed by atoms with E-state index in [0.29, 0.717) is 10.6 Å². The Labute approximate surface area is 72.1 Å². The van der Waals surface area contributed by atoms with Gasteiger partial charge < -0.3 is 0 Å². The van der Waals surface area contributed by atoms with Crippen LogP contribution in [0, 0.1) is 0 Å². The summed E-state index contributed by atoms with van der Waals surface area (Å²) >= 11 is 5.55. The van der Waals surface area contributed by atoms with E-state index in [1.807, 2.05) is 0 Å². The van der Waals surface area contributed by atoms with Gasteiger partial charge in [-0.2, -0.15) is 0 Å². The summed E-state index contributed by atoms with van der Waals surface area (Å²) in [6, 6.07) is 0. The van der Waals surface area contributed by atoms with Gasteiger partial charge in [0.2, 0.25) is 0 Å². The van der Waals surface area contributed by atoms with E-state index in [-0.39, 0.29) is 5.78 Å². The minimum absolute atomic E-state index is 0.00540. The molecule has 0 N–H and O–H groups in total. The molecule has 60 valence electrons. The molecule has 0 fully saturated rings. The Hall–Kier alpha value is -0.820. The third-order valence-electron chi connectivity index (χ3n) is 1.12. The highest BCUT2D eigenvalue weighted by atomic mass is 35.5. The van der Waals surface area contributed by atoms with Crippen LogP contribution in [-0.4, -0.2) is 5.78 Å². The lowest BCUT2D eigenvalue weighted by molar-refractivity contribution is -0.113. The van der Waals surface area contributed by atoms with Crippen molar-refractivity contribution in [2.75, 3.05) is 0 Å². The first-order chi connectivity index (χ1) is 5.07. The minimum atomic E-state index is -0.00540. The second-order valence-electron chi connectivity index (χ2n) is 2.14. The van der Waals surface area contributed by atoms with Gasteiger partial charge in [-0.3, -0.25) is 4.79 Å². The lowest BCUT2D eigenvalue weighted by Gasteiger charge is -1.90. The molecule has 11 heavy (non-hydrogen) atoms. The summed E-state index contributed by atoms with van der Waals surface area (Å²) in [6.07, 6.45) is 4.83. The predicted octanol–water partition coefficient (Wildman–Crippen LogP) is 2.83. The molecule has 0 heterocycles. The normalized spacial score (nSPS) is 13.0. The molecule has 0 spiro atoms. The van der Waals surface area contributed by atoms with E-state index >= 15 is 0 Å². The van der Waals surface area contributed by atoms with Gasteiger partial charge in [0, 0.05) is 10.6 Å². The molecule has 2 heteroatoms.